The number of nitrogens with zero attached hydrogens (tertiary/aromatic N) is 3. The highest BCUT2D eigenvalue weighted by atomic mass is 19.1. The van der Waals surface area contributed by atoms with E-state index in [0.29, 0.717) is 11.8 Å². The highest BCUT2D eigenvalue weighted by Crippen LogP contribution is 2.20. The van der Waals surface area contributed by atoms with Crippen molar-refractivity contribution in [2.24, 2.45) is 0 Å². The average Bonchev–Trinajstić information content (AvgIpc) is 2.58. The van der Waals surface area contributed by atoms with Crippen molar-refractivity contribution in [1.29, 1.82) is 0 Å². The molecule has 1 aromatic carbocycles. The standard InChI is InChI=1S/C17H20FN5/c18-14-6-8-15(9-7-14)21-16-12-20-23-17(22-16)19-11-10-13-4-2-1-3-5-13/h4,6-9,12H,1-3,5,10-11H2,(H2,19,21,22,23). The third-order valence-electron chi connectivity index (χ3n) is 3.79. The monoisotopic (exact) mass is 313 g/mol. The van der Waals surface area contributed by atoms with Crippen LogP contribution in [0.25, 0.3) is 0 Å². The molecule has 6 heteroatoms. The van der Waals surface area contributed by atoms with E-state index in [4.69, 9.17) is 0 Å². The maximum atomic E-state index is 12.9. The molecule has 0 fully saturated rings. The fraction of sp³-hybridized carbons (Fsp3) is 0.353. The van der Waals surface area contributed by atoms with Crippen LogP contribution in [0.2, 0.25) is 0 Å². The van der Waals surface area contributed by atoms with Crippen molar-refractivity contribution in [2.75, 3.05) is 17.2 Å². The number of allylic oxidation sites excluding steroid dienone is 1. The molecule has 0 aliphatic heterocycles. The maximum absolute atomic E-state index is 12.9. The summed E-state index contributed by atoms with van der Waals surface area (Å²) in [7, 11) is 0. The minimum absolute atomic E-state index is 0.268. The molecule has 23 heavy (non-hydrogen) atoms. The lowest BCUT2D eigenvalue weighted by molar-refractivity contribution is 0.628. The highest BCUT2D eigenvalue weighted by molar-refractivity contribution is 5.55. The number of benzene rings is 1. The summed E-state index contributed by atoms with van der Waals surface area (Å²) in [6, 6.07) is 6.10. The molecule has 1 aliphatic rings. The van der Waals surface area contributed by atoms with Gasteiger partial charge >= 0.3 is 0 Å². The number of rotatable bonds is 6. The molecular formula is C17H20FN5. The maximum Gasteiger partial charge on any atom is 0.244 e. The molecule has 0 unspecified atom stereocenters. The lowest BCUT2D eigenvalue weighted by Crippen LogP contribution is -2.09. The van der Waals surface area contributed by atoms with Gasteiger partial charge in [0.05, 0.1) is 6.20 Å². The van der Waals surface area contributed by atoms with Crippen molar-refractivity contribution < 1.29 is 4.39 Å². The molecule has 0 spiro atoms. The number of hydrogen-bond donors (Lipinski definition) is 2. The van der Waals surface area contributed by atoms with Crippen molar-refractivity contribution in [2.45, 2.75) is 32.1 Å². The van der Waals surface area contributed by atoms with Crippen LogP contribution >= 0.6 is 0 Å². The van der Waals surface area contributed by atoms with Crippen LogP contribution in [0.5, 0.6) is 0 Å². The molecular weight excluding hydrogens is 293 g/mol. The second kappa shape index (κ2) is 7.67. The molecule has 0 atom stereocenters. The van der Waals surface area contributed by atoms with Gasteiger partial charge in [-0.2, -0.15) is 10.1 Å². The van der Waals surface area contributed by atoms with Crippen molar-refractivity contribution in [3.05, 3.63) is 47.9 Å². The highest BCUT2D eigenvalue weighted by Gasteiger charge is 2.05. The molecule has 1 aliphatic carbocycles. The predicted octanol–water partition coefficient (Wildman–Crippen LogP) is 4.06. The summed E-state index contributed by atoms with van der Waals surface area (Å²) in [5, 5.41) is 14.2. The smallest absolute Gasteiger partial charge is 0.244 e. The number of aromatic nitrogens is 3. The molecule has 1 heterocycles. The van der Waals surface area contributed by atoms with Crippen LogP contribution < -0.4 is 10.6 Å². The Morgan fingerprint density at radius 1 is 1.13 bits per heavy atom. The van der Waals surface area contributed by atoms with Crippen LogP contribution in [0.15, 0.2) is 42.1 Å². The van der Waals surface area contributed by atoms with Gasteiger partial charge in [0.1, 0.15) is 5.82 Å². The van der Waals surface area contributed by atoms with Crippen molar-refractivity contribution >= 4 is 17.5 Å². The summed E-state index contributed by atoms with van der Waals surface area (Å²) >= 11 is 0. The van der Waals surface area contributed by atoms with E-state index in [1.165, 1.54) is 49.6 Å². The van der Waals surface area contributed by atoms with Gasteiger partial charge in [0.15, 0.2) is 5.82 Å². The van der Waals surface area contributed by atoms with Gasteiger partial charge in [0.25, 0.3) is 0 Å². The minimum atomic E-state index is -0.268. The van der Waals surface area contributed by atoms with Crippen LogP contribution in [0, 0.1) is 5.82 Å². The average molecular weight is 313 g/mol. The van der Waals surface area contributed by atoms with Gasteiger partial charge in [-0.25, -0.2) is 4.39 Å². The molecule has 0 saturated carbocycles. The predicted molar refractivity (Wildman–Crippen MR) is 89.2 cm³/mol. The zero-order valence-electron chi connectivity index (χ0n) is 12.9. The number of hydrogen-bond acceptors (Lipinski definition) is 5. The second-order valence-corrected chi connectivity index (χ2v) is 5.58. The first-order valence-electron chi connectivity index (χ1n) is 7.94. The van der Waals surface area contributed by atoms with E-state index in [1.807, 2.05) is 0 Å². The normalized spacial score (nSPS) is 14.2. The molecule has 3 rings (SSSR count). The summed E-state index contributed by atoms with van der Waals surface area (Å²) in [5.41, 5.74) is 2.27. The van der Waals surface area contributed by atoms with Crippen molar-refractivity contribution in [3.8, 4) is 0 Å². The molecule has 0 saturated heterocycles. The van der Waals surface area contributed by atoms with Crippen LogP contribution in [0.3, 0.4) is 0 Å². The lowest BCUT2D eigenvalue weighted by Gasteiger charge is -2.13. The van der Waals surface area contributed by atoms with Crippen molar-refractivity contribution in [3.63, 3.8) is 0 Å². The largest absolute Gasteiger partial charge is 0.353 e. The third kappa shape index (κ3) is 4.74. The third-order valence-corrected chi connectivity index (χ3v) is 3.79. The Labute approximate surface area is 135 Å². The Morgan fingerprint density at radius 3 is 2.78 bits per heavy atom. The fourth-order valence-electron chi connectivity index (χ4n) is 2.59. The van der Waals surface area contributed by atoms with Crippen LogP contribution in [0.4, 0.5) is 21.8 Å². The molecule has 0 radical (unpaired) electrons. The Hall–Kier alpha value is -2.50. The molecule has 0 amide bonds. The zero-order valence-corrected chi connectivity index (χ0v) is 12.9. The first-order valence-corrected chi connectivity index (χ1v) is 7.94. The number of nitrogens with one attached hydrogen (secondary N) is 2. The van der Waals surface area contributed by atoms with Crippen LogP contribution in [-0.2, 0) is 0 Å². The Bertz CT molecular complexity index is 669. The Kier molecular flexibility index (Phi) is 5.13. The summed E-state index contributed by atoms with van der Waals surface area (Å²) < 4.78 is 12.9. The van der Waals surface area contributed by atoms with Gasteiger partial charge in [-0.3, -0.25) is 0 Å². The molecule has 5 nitrogen and oxygen atoms in total. The minimum Gasteiger partial charge on any atom is -0.353 e. The van der Waals surface area contributed by atoms with Gasteiger partial charge in [-0.05, 0) is 56.4 Å². The summed E-state index contributed by atoms with van der Waals surface area (Å²) in [4.78, 5) is 4.36. The Morgan fingerprint density at radius 2 is 2.00 bits per heavy atom. The SMILES string of the molecule is Fc1ccc(Nc2cnnc(NCCC3=CCCCC3)n2)cc1. The summed E-state index contributed by atoms with van der Waals surface area (Å²) in [5.74, 6) is 0.801. The first-order chi connectivity index (χ1) is 11.3. The van der Waals surface area contributed by atoms with E-state index < -0.39 is 0 Å². The van der Waals surface area contributed by atoms with E-state index in [9.17, 15) is 4.39 Å². The van der Waals surface area contributed by atoms with Crippen LogP contribution in [-0.4, -0.2) is 21.7 Å². The van der Waals surface area contributed by atoms with E-state index >= 15 is 0 Å². The van der Waals surface area contributed by atoms with Gasteiger partial charge in [-0.15, -0.1) is 5.10 Å². The molecule has 1 aromatic heterocycles. The summed E-state index contributed by atoms with van der Waals surface area (Å²) in [6.07, 6.45) is 9.90. The summed E-state index contributed by atoms with van der Waals surface area (Å²) in [6.45, 7) is 0.799. The van der Waals surface area contributed by atoms with Crippen molar-refractivity contribution in [1.82, 2.24) is 15.2 Å². The quantitative estimate of drug-likeness (QED) is 0.788. The first kappa shape index (κ1) is 15.4. The second-order valence-electron chi connectivity index (χ2n) is 5.58. The molecule has 2 aromatic rings. The molecule has 2 N–H and O–H groups in total. The van der Waals surface area contributed by atoms with Gasteiger partial charge in [0.2, 0.25) is 5.95 Å². The van der Waals surface area contributed by atoms with Gasteiger partial charge in [0, 0.05) is 12.2 Å². The molecule has 0 bridgehead atoms. The number of anilines is 3. The van der Waals surface area contributed by atoms with Gasteiger partial charge < -0.3 is 10.6 Å². The molecule has 120 valence electrons. The van der Waals surface area contributed by atoms with E-state index in [-0.39, 0.29) is 5.82 Å². The number of halogens is 1. The zero-order chi connectivity index (χ0) is 15.9. The topological polar surface area (TPSA) is 62.7 Å². The van der Waals surface area contributed by atoms with E-state index in [1.54, 1.807) is 12.1 Å². The fourth-order valence-corrected chi connectivity index (χ4v) is 2.59. The van der Waals surface area contributed by atoms with Crippen LogP contribution in [0.1, 0.15) is 32.1 Å². The van der Waals surface area contributed by atoms with E-state index in [2.05, 4.69) is 31.9 Å². The Balaban J connectivity index is 1.54. The van der Waals surface area contributed by atoms with Gasteiger partial charge in [-0.1, -0.05) is 11.6 Å². The van der Waals surface area contributed by atoms with E-state index in [0.717, 1.165) is 18.7 Å². The lowest BCUT2D eigenvalue weighted by atomic mass is 9.97.